The van der Waals surface area contributed by atoms with Crippen LogP contribution in [0.2, 0.25) is 0 Å². The molecule has 0 unspecified atom stereocenters. The summed E-state index contributed by atoms with van der Waals surface area (Å²) in [6.07, 6.45) is -2.75. The molecule has 0 amide bonds. The van der Waals surface area contributed by atoms with E-state index in [-0.39, 0.29) is 11.4 Å². The third-order valence-electron chi connectivity index (χ3n) is 3.03. The standard InChI is InChI=1S/C12H17F3N2/c1-4-11(3,5-2)17-10-8-6-7-9(16-10)12(13,14)15/h6-8H,4-5H2,1-3H3,(H,16,17). The molecule has 0 atom stereocenters. The highest BCUT2D eigenvalue weighted by atomic mass is 19.4. The molecule has 0 saturated carbocycles. The van der Waals surface area contributed by atoms with Crippen molar-refractivity contribution in [3.8, 4) is 0 Å². The molecule has 0 saturated heterocycles. The van der Waals surface area contributed by atoms with Gasteiger partial charge in [-0.15, -0.1) is 0 Å². The van der Waals surface area contributed by atoms with Gasteiger partial charge in [0, 0.05) is 5.54 Å². The first-order chi connectivity index (χ1) is 7.80. The quantitative estimate of drug-likeness (QED) is 0.865. The van der Waals surface area contributed by atoms with Crippen LogP contribution in [0.5, 0.6) is 0 Å². The third-order valence-corrected chi connectivity index (χ3v) is 3.03. The Morgan fingerprint density at radius 2 is 1.76 bits per heavy atom. The molecule has 0 aliphatic heterocycles. The molecule has 0 aliphatic rings. The maximum atomic E-state index is 12.5. The minimum Gasteiger partial charge on any atom is -0.365 e. The Hall–Kier alpha value is -1.26. The summed E-state index contributed by atoms with van der Waals surface area (Å²) in [5, 5.41) is 3.06. The normalized spacial score (nSPS) is 12.6. The van der Waals surface area contributed by atoms with E-state index in [9.17, 15) is 13.2 Å². The van der Waals surface area contributed by atoms with Gasteiger partial charge in [0.1, 0.15) is 11.5 Å². The van der Waals surface area contributed by atoms with E-state index in [1.54, 1.807) is 6.07 Å². The van der Waals surface area contributed by atoms with Crippen LogP contribution >= 0.6 is 0 Å². The lowest BCUT2D eigenvalue weighted by molar-refractivity contribution is -0.141. The van der Waals surface area contributed by atoms with E-state index in [1.807, 2.05) is 20.8 Å². The van der Waals surface area contributed by atoms with Crippen molar-refractivity contribution in [2.45, 2.75) is 45.3 Å². The summed E-state index contributed by atoms with van der Waals surface area (Å²) in [7, 11) is 0. The Balaban J connectivity index is 2.93. The van der Waals surface area contributed by atoms with Crippen molar-refractivity contribution in [2.24, 2.45) is 0 Å². The number of rotatable bonds is 4. The molecular weight excluding hydrogens is 229 g/mol. The van der Waals surface area contributed by atoms with Crippen LogP contribution in [0.3, 0.4) is 0 Å². The second-order valence-electron chi connectivity index (χ2n) is 4.30. The van der Waals surface area contributed by atoms with Crippen LogP contribution in [0.1, 0.15) is 39.3 Å². The molecule has 96 valence electrons. The molecule has 1 aromatic heterocycles. The Bertz CT molecular complexity index is 370. The molecule has 1 rings (SSSR count). The van der Waals surface area contributed by atoms with Crippen molar-refractivity contribution in [2.75, 3.05) is 5.32 Å². The Morgan fingerprint density at radius 1 is 1.18 bits per heavy atom. The minimum absolute atomic E-state index is 0.225. The zero-order valence-electron chi connectivity index (χ0n) is 10.2. The van der Waals surface area contributed by atoms with Gasteiger partial charge in [0.2, 0.25) is 0 Å². The number of aromatic nitrogens is 1. The molecule has 0 aromatic carbocycles. The summed E-state index contributed by atoms with van der Waals surface area (Å²) in [4.78, 5) is 3.59. The second kappa shape index (κ2) is 4.94. The molecule has 0 aliphatic carbocycles. The van der Waals surface area contributed by atoms with Crippen molar-refractivity contribution < 1.29 is 13.2 Å². The largest absolute Gasteiger partial charge is 0.433 e. The molecule has 0 bridgehead atoms. The van der Waals surface area contributed by atoms with Crippen molar-refractivity contribution in [1.82, 2.24) is 4.98 Å². The summed E-state index contributed by atoms with van der Waals surface area (Å²) >= 11 is 0. The van der Waals surface area contributed by atoms with Gasteiger partial charge < -0.3 is 5.32 Å². The number of halogens is 3. The highest BCUT2D eigenvalue weighted by Crippen LogP contribution is 2.29. The number of nitrogens with zero attached hydrogens (tertiary/aromatic N) is 1. The third kappa shape index (κ3) is 3.61. The minimum atomic E-state index is -4.40. The molecule has 0 fully saturated rings. The number of nitrogens with one attached hydrogen (secondary N) is 1. The van der Waals surface area contributed by atoms with Gasteiger partial charge >= 0.3 is 6.18 Å². The van der Waals surface area contributed by atoms with Crippen molar-refractivity contribution in [1.29, 1.82) is 0 Å². The highest BCUT2D eigenvalue weighted by Gasteiger charge is 2.32. The Kier molecular flexibility index (Phi) is 4.01. The van der Waals surface area contributed by atoms with Gasteiger partial charge in [-0.25, -0.2) is 4.98 Å². The highest BCUT2D eigenvalue weighted by molar-refractivity contribution is 5.38. The zero-order chi connectivity index (χ0) is 13.1. The topological polar surface area (TPSA) is 24.9 Å². The van der Waals surface area contributed by atoms with E-state index in [1.165, 1.54) is 6.07 Å². The monoisotopic (exact) mass is 246 g/mol. The van der Waals surface area contributed by atoms with E-state index in [0.29, 0.717) is 0 Å². The predicted molar refractivity (Wildman–Crippen MR) is 61.8 cm³/mol. The van der Waals surface area contributed by atoms with Crippen LogP contribution in [-0.4, -0.2) is 10.5 Å². The number of hydrogen-bond donors (Lipinski definition) is 1. The summed E-state index contributed by atoms with van der Waals surface area (Å²) in [6, 6.07) is 3.89. The van der Waals surface area contributed by atoms with Gasteiger partial charge in [-0.2, -0.15) is 13.2 Å². The maximum absolute atomic E-state index is 12.5. The van der Waals surface area contributed by atoms with E-state index >= 15 is 0 Å². The summed E-state index contributed by atoms with van der Waals surface area (Å²) < 4.78 is 37.4. The molecule has 1 aromatic rings. The Morgan fingerprint density at radius 3 is 2.24 bits per heavy atom. The van der Waals surface area contributed by atoms with Gasteiger partial charge in [0.15, 0.2) is 0 Å². The molecule has 0 radical (unpaired) electrons. The fourth-order valence-electron chi connectivity index (χ4n) is 1.40. The molecule has 17 heavy (non-hydrogen) atoms. The van der Waals surface area contributed by atoms with E-state index in [4.69, 9.17) is 0 Å². The van der Waals surface area contributed by atoms with Gasteiger partial charge in [0.25, 0.3) is 0 Å². The SMILES string of the molecule is CCC(C)(CC)Nc1cccc(C(F)(F)F)n1. The van der Waals surface area contributed by atoms with Crippen molar-refractivity contribution >= 4 is 5.82 Å². The fourth-order valence-corrected chi connectivity index (χ4v) is 1.40. The average molecular weight is 246 g/mol. The smallest absolute Gasteiger partial charge is 0.365 e. The van der Waals surface area contributed by atoms with Crippen molar-refractivity contribution in [3.05, 3.63) is 23.9 Å². The fraction of sp³-hybridized carbons (Fsp3) is 0.583. The molecule has 2 nitrogen and oxygen atoms in total. The van der Waals surface area contributed by atoms with Crippen LogP contribution in [-0.2, 0) is 6.18 Å². The van der Waals surface area contributed by atoms with Crippen LogP contribution in [0, 0.1) is 0 Å². The summed E-state index contributed by atoms with van der Waals surface area (Å²) in [5.74, 6) is 0.269. The van der Waals surface area contributed by atoms with Crippen LogP contribution < -0.4 is 5.32 Å². The number of pyridine rings is 1. The lowest BCUT2D eigenvalue weighted by Gasteiger charge is -2.29. The molecule has 5 heteroatoms. The average Bonchev–Trinajstić information content (AvgIpc) is 2.28. The number of hydrogen-bond acceptors (Lipinski definition) is 2. The van der Waals surface area contributed by atoms with E-state index < -0.39 is 11.9 Å². The zero-order valence-corrected chi connectivity index (χ0v) is 10.2. The van der Waals surface area contributed by atoms with Gasteiger partial charge in [-0.05, 0) is 31.9 Å². The van der Waals surface area contributed by atoms with Gasteiger partial charge in [-0.1, -0.05) is 19.9 Å². The summed E-state index contributed by atoms with van der Waals surface area (Å²) in [6.45, 7) is 5.95. The first-order valence-electron chi connectivity index (χ1n) is 5.63. The van der Waals surface area contributed by atoms with Gasteiger partial charge in [0.05, 0.1) is 0 Å². The van der Waals surface area contributed by atoms with Crippen LogP contribution in [0.25, 0.3) is 0 Å². The summed E-state index contributed by atoms with van der Waals surface area (Å²) in [5.41, 5.74) is -1.09. The second-order valence-corrected chi connectivity index (χ2v) is 4.30. The van der Waals surface area contributed by atoms with E-state index in [2.05, 4.69) is 10.3 Å². The molecule has 1 heterocycles. The molecular formula is C12H17F3N2. The number of alkyl halides is 3. The van der Waals surface area contributed by atoms with Gasteiger partial charge in [-0.3, -0.25) is 0 Å². The number of anilines is 1. The lowest BCUT2D eigenvalue weighted by atomic mass is 9.95. The predicted octanol–water partition coefficient (Wildman–Crippen LogP) is 4.09. The molecule has 1 N–H and O–H groups in total. The van der Waals surface area contributed by atoms with E-state index in [0.717, 1.165) is 18.9 Å². The lowest BCUT2D eigenvalue weighted by Crippen LogP contribution is -2.33. The maximum Gasteiger partial charge on any atom is 0.433 e. The Labute approximate surface area is 99.3 Å². The van der Waals surface area contributed by atoms with Crippen molar-refractivity contribution in [3.63, 3.8) is 0 Å². The molecule has 0 spiro atoms. The first-order valence-corrected chi connectivity index (χ1v) is 5.63. The van der Waals surface area contributed by atoms with Crippen LogP contribution in [0.15, 0.2) is 18.2 Å². The van der Waals surface area contributed by atoms with Crippen LogP contribution in [0.4, 0.5) is 19.0 Å². The first kappa shape index (κ1) is 13.8.